The molecule has 3 N–H and O–H groups in total. The van der Waals surface area contributed by atoms with Gasteiger partial charge in [0.1, 0.15) is 0 Å². The summed E-state index contributed by atoms with van der Waals surface area (Å²) in [7, 11) is 0. The maximum absolute atomic E-state index is 9.54. The number of aliphatic hydroxyl groups is 1. The molecular formula is C8H18N2O. The number of nitrogens with two attached hydrogens (primary N) is 1. The molecular weight excluding hydrogens is 140 g/mol. The maximum Gasteiger partial charge on any atom is 0.0593 e. The van der Waals surface area contributed by atoms with Gasteiger partial charge in [-0.3, -0.25) is 5.84 Å². The van der Waals surface area contributed by atoms with E-state index in [2.05, 4.69) is 6.92 Å². The van der Waals surface area contributed by atoms with Gasteiger partial charge in [-0.05, 0) is 18.8 Å². The fraction of sp³-hybridized carbons (Fsp3) is 1.00. The Balaban J connectivity index is 2.34. The molecule has 0 amide bonds. The van der Waals surface area contributed by atoms with Gasteiger partial charge in [0.05, 0.1) is 6.10 Å². The number of aliphatic hydroxyl groups excluding tert-OH is 1. The van der Waals surface area contributed by atoms with Crippen LogP contribution in [0.1, 0.15) is 26.2 Å². The Morgan fingerprint density at radius 2 is 2.36 bits per heavy atom. The van der Waals surface area contributed by atoms with Crippen LogP contribution in [0.3, 0.4) is 0 Å². The summed E-state index contributed by atoms with van der Waals surface area (Å²) in [4.78, 5) is 0. The van der Waals surface area contributed by atoms with Gasteiger partial charge >= 0.3 is 0 Å². The van der Waals surface area contributed by atoms with Gasteiger partial charge in [-0.25, -0.2) is 5.01 Å². The summed E-state index contributed by atoms with van der Waals surface area (Å²) >= 11 is 0. The van der Waals surface area contributed by atoms with E-state index in [0.29, 0.717) is 5.92 Å². The van der Waals surface area contributed by atoms with Crippen LogP contribution >= 0.6 is 0 Å². The molecule has 2 atom stereocenters. The van der Waals surface area contributed by atoms with Crippen molar-refractivity contribution in [3.8, 4) is 0 Å². The van der Waals surface area contributed by atoms with Crippen molar-refractivity contribution in [1.82, 2.24) is 5.01 Å². The van der Waals surface area contributed by atoms with Crippen molar-refractivity contribution in [3.05, 3.63) is 0 Å². The van der Waals surface area contributed by atoms with Crippen LogP contribution in [0.4, 0.5) is 0 Å². The van der Waals surface area contributed by atoms with Crippen molar-refractivity contribution in [2.75, 3.05) is 13.1 Å². The summed E-state index contributed by atoms with van der Waals surface area (Å²) in [6, 6.07) is 0. The molecule has 0 bridgehead atoms. The standard InChI is InChI=1S/C8H18N2O/c1-2-3-7-6-10(9)5-4-8(7)11/h7-8,11H,2-6,9H2,1H3/t7-,8+/m1/s1. The second-order valence-electron chi connectivity index (χ2n) is 3.40. The molecule has 1 heterocycles. The highest BCUT2D eigenvalue weighted by atomic mass is 16.3. The molecule has 3 heteroatoms. The molecule has 0 saturated carbocycles. The van der Waals surface area contributed by atoms with Gasteiger partial charge in [-0.1, -0.05) is 13.3 Å². The largest absolute Gasteiger partial charge is 0.393 e. The second kappa shape index (κ2) is 4.04. The second-order valence-corrected chi connectivity index (χ2v) is 3.40. The van der Waals surface area contributed by atoms with Crippen molar-refractivity contribution in [2.45, 2.75) is 32.3 Å². The molecule has 0 aromatic carbocycles. The van der Waals surface area contributed by atoms with Crippen molar-refractivity contribution >= 4 is 0 Å². The van der Waals surface area contributed by atoms with E-state index in [4.69, 9.17) is 5.84 Å². The average Bonchev–Trinajstić information content (AvgIpc) is 1.98. The van der Waals surface area contributed by atoms with Crippen LogP contribution in [-0.2, 0) is 0 Å². The van der Waals surface area contributed by atoms with Gasteiger partial charge in [0.2, 0.25) is 0 Å². The fourth-order valence-electron chi connectivity index (χ4n) is 1.70. The van der Waals surface area contributed by atoms with Crippen molar-refractivity contribution in [3.63, 3.8) is 0 Å². The lowest BCUT2D eigenvalue weighted by Gasteiger charge is -2.33. The van der Waals surface area contributed by atoms with Crippen molar-refractivity contribution in [1.29, 1.82) is 0 Å². The van der Waals surface area contributed by atoms with E-state index in [1.54, 1.807) is 0 Å². The SMILES string of the molecule is CCC[C@@H]1CN(N)CC[C@@H]1O. The van der Waals surface area contributed by atoms with Gasteiger partial charge in [-0.2, -0.15) is 0 Å². The van der Waals surface area contributed by atoms with Crippen LogP contribution in [-0.4, -0.2) is 29.3 Å². The number of piperidine rings is 1. The zero-order valence-corrected chi connectivity index (χ0v) is 7.16. The van der Waals surface area contributed by atoms with Crippen LogP contribution in [0.5, 0.6) is 0 Å². The lowest BCUT2D eigenvalue weighted by molar-refractivity contribution is 0.0225. The predicted octanol–water partition coefficient (Wildman–Crippen LogP) is 0.343. The zero-order chi connectivity index (χ0) is 8.27. The van der Waals surface area contributed by atoms with Gasteiger partial charge in [0.25, 0.3) is 0 Å². The third kappa shape index (κ3) is 2.43. The topological polar surface area (TPSA) is 49.5 Å². The lowest BCUT2D eigenvalue weighted by atomic mass is 9.92. The summed E-state index contributed by atoms with van der Waals surface area (Å²) in [6.45, 7) is 3.83. The molecule has 0 radical (unpaired) electrons. The highest BCUT2D eigenvalue weighted by molar-refractivity contribution is 4.76. The first-order chi connectivity index (χ1) is 5.24. The highest BCUT2D eigenvalue weighted by Gasteiger charge is 2.24. The maximum atomic E-state index is 9.54. The average molecular weight is 158 g/mol. The minimum atomic E-state index is -0.116. The molecule has 3 nitrogen and oxygen atoms in total. The zero-order valence-electron chi connectivity index (χ0n) is 7.16. The van der Waals surface area contributed by atoms with Crippen LogP contribution in [0, 0.1) is 5.92 Å². The third-order valence-electron chi connectivity index (χ3n) is 2.38. The highest BCUT2D eigenvalue weighted by Crippen LogP contribution is 2.19. The van der Waals surface area contributed by atoms with Crippen molar-refractivity contribution in [2.24, 2.45) is 11.8 Å². The van der Waals surface area contributed by atoms with Gasteiger partial charge < -0.3 is 5.11 Å². The minimum absolute atomic E-state index is 0.116. The lowest BCUT2D eigenvalue weighted by Crippen LogP contribution is -2.46. The van der Waals surface area contributed by atoms with E-state index in [1.807, 2.05) is 5.01 Å². The minimum Gasteiger partial charge on any atom is -0.393 e. The first-order valence-corrected chi connectivity index (χ1v) is 4.41. The monoisotopic (exact) mass is 158 g/mol. The smallest absolute Gasteiger partial charge is 0.0593 e. The molecule has 0 unspecified atom stereocenters. The Labute approximate surface area is 68.2 Å². The quantitative estimate of drug-likeness (QED) is 0.570. The molecule has 0 spiro atoms. The van der Waals surface area contributed by atoms with E-state index in [-0.39, 0.29) is 6.10 Å². The predicted molar refractivity (Wildman–Crippen MR) is 44.8 cm³/mol. The Morgan fingerprint density at radius 3 is 3.00 bits per heavy atom. The van der Waals surface area contributed by atoms with Crippen LogP contribution < -0.4 is 5.84 Å². The van der Waals surface area contributed by atoms with E-state index in [0.717, 1.165) is 32.4 Å². The number of hydrogen-bond acceptors (Lipinski definition) is 3. The van der Waals surface area contributed by atoms with Crippen molar-refractivity contribution < 1.29 is 5.11 Å². The van der Waals surface area contributed by atoms with Crippen LogP contribution in [0.25, 0.3) is 0 Å². The Hall–Kier alpha value is -0.120. The third-order valence-corrected chi connectivity index (χ3v) is 2.38. The molecule has 1 fully saturated rings. The molecule has 0 aromatic rings. The molecule has 1 aliphatic heterocycles. The molecule has 1 rings (SSSR count). The number of hydrogen-bond donors (Lipinski definition) is 2. The van der Waals surface area contributed by atoms with Gasteiger partial charge in [-0.15, -0.1) is 0 Å². The molecule has 11 heavy (non-hydrogen) atoms. The van der Waals surface area contributed by atoms with Gasteiger partial charge in [0, 0.05) is 13.1 Å². The van der Waals surface area contributed by atoms with E-state index in [1.165, 1.54) is 0 Å². The molecule has 1 aliphatic rings. The number of rotatable bonds is 2. The summed E-state index contributed by atoms with van der Waals surface area (Å²) in [6.07, 6.45) is 2.95. The first-order valence-electron chi connectivity index (χ1n) is 4.41. The van der Waals surface area contributed by atoms with E-state index in [9.17, 15) is 5.11 Å². The normalized spacial score (nSPS) is 34.1. The molecule has 0 aliphatic carbocycles. The molecule has 0 aromatic heterocycles. The van der Waals surface area contributed by atoms with E-state index < -0.39 is 0 Å². The van der Waals surface area contributed by atoms with Crippen LogP contribution in [0.15, 0.2) is 0 Å². The summed E-state index contributed by atoms with van der Waals surface area (Å²) in [5.74, 6) is 6.04. The Bertz CT molecular complexity index is 119. The summed E-state index contributed by atoms with van der Waals surface area (Å²) in [5.41, 5.74) is 0. The number of nitrogens with zero attached hydrogens (tertiary/aromatic N) is 1. The summed E-state index contributed by atoms with van der Waals surface area (Å²) < 4.78 is 0. The first kappa shape index (κ1) is 8.97. The molecule has 1 saturated heterocycles. The van der Waals surface area contributed by atoms with Crippen LogP contribution in [0.2, 0.25) is 0 Å². The Morgan fingerprint density at radius 1 is 1.64 bits per heavy atom. The fourth-order valence-corrected chi connectivity index (χ4v) is 1.70. The molecule has 66 valence electrons. The number of hydrazine groups is 1. The van der Waals surface area contributed by atoms with E-state index >= 15 is 0 Å². The Kier molecular flexibility index (Phi) is 3.30. The summed E-state index contributed by atoms with van der Waals surface area (Å²) in [5, 5.41) is 11.3. The van der Waals surface area contributed by atoms with Gasteiger partial charge in [0.15, 0.2) is 0 Å².